The zero-order valence-corrected chi connectivity index (χ0v) is 15.2. The summed E-state index contributed by atoms with van der Waals surface area (Å²) < 4.78 is 9.04. The maximum absolute atomic E-state index is 5.92. The fraction of sp³-hybridized carbons (Fsp3) is 0.800. The Morgan fingerprint density at radius 2 is 2.00 bits per heavy atom. The number of halogens is 1. The Hall–Kier alpha value is -0.390. The van der Waals surface area contributed by atoms with Crippen LogP contribution in [0.3, 0.4) is 0 Å². The average Bonchev–Trinajstić information content (AvgIpc) is 2.62. The molecule has 0 aliphatic carbocycles. The van der Waals surface area contributed by atoms with Gasteiger partial charge in [-0.05, 0) is 49.7 Å². The molecule has 0 radical (unpaired) electrons. The van der Waals surface area contributed by atoms with E-state index in [2.05, 4.69) is 61.0 Å². The van der Waals surface area contributed by atoms with E-state index in [1.165, 1.54) is 5.69 Å². The Balaban J connectivity index is 2.77. The van der Waals surface area contributed by atoms with Gasteiger partial charge in [0, 0.05) is 19.5 Å². The number of aromatic nitrogens is 2. The van der Waals surface area contributed by atoms with Crippen molar-refractivity contribution in [2.24, 2.45) is 7.05 Å². The molecule has 1 rings (SSSR count). The highest BCUT2D eigenvalue weighted by Gasteiger charge is 2.19. The molecule has 5 heteroatoms. The minimum atomic E-state index is -0.105. The Morgan fingerprint density at radius 1 is 1.35 bits per heavy atom. The van der Waals surface area contributed by atoms with Gasteiger partial charge < -0.3 is 10.1 Å². The molecule has 1 atom stereocenters. The summed E-state index contributed by atoms with van der Waals surface area (Å²) >= 11 is 3.68. The second kappa shape index (κ2) is 7.57. The smallest absolute Gasteiger partial charge is 0.0766 e. The van der Waals surface area contributed by atoms with E-state index in [1.54, 1.807) is 0 Å². The van der Waals surface area contributed by atoms with Crippen LogP contribution in [-0.2, 0) is 24.6 Å². The zero-order valence-electron chi connectivity index (χ0n) is 13.6. The normalized spacial score (nSPS) is 13.8. The van der Waals surface area contributed by atoms with E-state index in [0.717, 1.165) is 29.6 Å². The van der Waals surface area contributed by atoms with E-state index in [0.29, 0.717) is 12.6 Å². The van der Waals surface area contributed by atoms with E-state index < -0.39 is 0 Å². The average molecular weight is 346 g/mol. The van der Waals surface area contributed by atoms with Crippen LogP contribution in [0.25, 0.3) is 0 Å². The molecule has 20 heavy (non-hydrogen) atoms. The highest BCUT2D eigenvalue weighted by Crippen LogP contribution is 2.23. The van der Waals surface area contributed by atoms with Gasteiger partial charge in [0.2, 0.25) is 0 Å². The summed E-state index contributed by atoms with van der Waals surface area (Å²) in [7, 11) is 2.01. The molecular formula is C15H28BrN3O. The zero-order chi connectivity index (χ0) is 15.3. The number of nitrogens with zero attached hydrogens (tertiary/aromatic N) is 2. The minimum absolute atomic E-state index is 0.105. The molecule has 0 saturated heterocycles. The maximum Gasteiger partial charge on any atom is 0.0766 e. The van der Waals surface area contributed by atoms with Crippen molar-refractivity contribution in [3.05, 3.63) is 15.9 Å². The number of aryl methyl sites for hydroxylation is 2. The summed E-state index contributed by atoms with van der Waals surface area (Å²) in [5.41, 5.74) is 2.24. The van der Waals surface area contributed by atoms with Crippen molar-refractivity contribution in [1.29, 1.82) is 0 Å². The first-order valence-corrected chi connectivity index (χ1v) is 8.15. The van der Waals surface area contributed by atoms with Crippen molar-refractivity contribution in [2.45, 2.75) is 59.1 Å². The summed E-state index contributed by atoms with van der Waals surface area (Å²) in [5, 5.41) is 8.05. The number of nitrogens with one attached hydrogen (secondary N) is 1. The lowest BCUT2D eigenvalue weighted by Gasteiger charge is -2.25. The molecule has 116 valence electrons. The standard InChI is InChI=1S/C15H28BrN3O/c1-7-12-14(16)13(19(6)18-12)9-11(17-8-2)10-20-15(3,4)5/h11,17H,7-10H2,1-6H3. The lowest BCUT2D eigenvalue weighted by molar-refractivity contribution is -0.0143. The minimum Gasteiger partial charge on any atom is -0.374 e. The van der Waals surface area contributed by atoms with Crippen molar-refractivity contribution < 1.29 is 4.74 Å². The highest BCUT2D eigenvalue weighted by molar-refractivity contribution is 9.10. The van der Waals surface area contributed by atoms with E-state index in [1.807, 2.05) is 11.7 Å². The molecule has 0 bridgehead atoms. The molecule has 1 aromatic rings. The van der Waals surface area contributed by atoms with Gasteiger partial charge in [-0.15, -0.1) is 0 Å². The van der Waals surface area contributed by atoms with Gasteiger partial charge in [0.05, 0.1) is 28.1 Å². The molecule has 1 N–H and O–H groups in total. The first-order chi connectivity index (χ1) is 9.28. The molecule has 0 amide bonds. The van der Waals surface area contributed by atoms with Crippen LogP contribution in [0.1, 0.15) is 46.0 Å². The molecule has 1 aromatic heterocycles. The predicted octanol–water partition coefficient (Wildman–Crippen LogP) is 3.08. The molecular weight excluding hydrogens is 318 g/mol. The summed E-state index contributed by atoms with van der Waals surface area (Å²) in [4.78, 5) is 0. The molecule has 0 fully saturated rings. The van der Waals surface area contributed by atoms with Gasteiger partial charge in [-0.2, -0.15) is 5.10 Å². The second-order valence-electron chi connectivity index (χ2n) is 6.07. The second-order valence-corrected chi connectivity index (χ2v) is 6.86. The molecule has 1 unspecified atom stereocenters. The molecule has 1 heterocycles. The van der Waals surface area contributed by atoms with Gasteiger partial charge in [0.1, 0.15) is 0 Å². The van der Waals surface area contributed by atoms with Gasteiger partial charge in [-0.1, -0.05) is 13.8 Å². The van der Waals surface area contributed by atoms with Gasteiger partial charge in [-0.3, -0.25) is 4.68 Å². The highest BCUT2D eigenvalue weighted by atomic mass is 79.9. The van der Waals surface area contributed by atoms with Crippen LogP contribution in [0.2, 0.25) is 0 Å². The van der Waals surface area contributed by atoms with Gasteiger partial charge in [0.15, 0.2) is 0 Å². The van der Waals surface area contributed by atoms with Crippen molar-refractivity contribution >= 4 is 15.9 Å². The van der Waals surface area contributed by atoms with Crippen molar-refractivity contribution in [3.63, 3.8) is 0 Å². The SMILES string of the molecule is CCNC(COC(C)(C)C)Cc1c(Br)c(CC)nn1C. The number of ether oxygens (including phenoxy) is 1. The Kier molecular flexibility index (Phi) is 6.69. The third-order valence-corrected chi connectivity index (χ3v) is 4.07. The van der Waals surface area contributed by atoms with Crippen LogP contribution in [0, 0.1) is 0 Å². The first-order valence-electron chi connectivity index (χ1n) is 7.36. The molecule has 0 aliphatic rings. The van der Waals surface area contributed by atoms with Crippen LogP contribution in [0.5, 0.6) is 0 Å². The quantitative estimate of drug-likeness (QED) is 0.825. The predicted molar refractivity (Wildman–Crippen MR) is 87.2 cm³/mol. The van der Waals surface area contributed by atoms with Crippen molar-refractivity contribution in [3.8, 4) is 0 Å². The fourth-order valence-electron chi connectivity index (χ4n) is 2.10. The lowest BCUT2D eigenvalue weighted by atomic mass is 10.1. The molecule has 4 nitrogen and oxygen atoms in total. The molecule has 0 spiro atoms. The molecule has 0 aliphatic heterocycles. The Morgan fingerprint density at radius 3 is 2.45 bits per heavy atom. The molecule has 0 aromatic carbocycles. The first kappa shape index (κ1) is 17.7. The van der Waals surface area contributed by atoms with Crippen LogP contribution < -0.4 is 5.32 Å². The van der Waals surface area contributed by atoms with E-state index in [-0.39, 0.29) is 5.60 Å². The summed E-state index contributed by atoms with van der Waals surface area (Å²) in [6.07, 6.45) is 1.85. The number of likely N-dealkylation sites (N-methyl/N-ethyl adjacent to an activating group) is 1. The summed E-state index contributed by atoms with van der Waals surface area (Å²) in [5.74, 6) is 0. The van der Waals surface area contributed by atoms with Crippen LogP contribution in [-0.4, -0.2) is 34.6 Å². The fourth-order valence-corrected chi connectivity index (χ4v) is 2.88. The van der Waals surface area contributed by atoms with Crippen LogP contribution >= 0.6 is 15.9 Å². The summed E-state index contributed by atoms with van der Waals surface area (Å²) in [6, 6.07) is 0.302. The van der Waals surface area contributed by atoms with E-state index >= 15 is 0 Å². The van der Waals surface area contributed by atoms with E-state index in [9.17, 15) is 0 Å². The largest absolute Gasteiger partial charge is 0.374 e. The third kappa shape index (κ3) is 5.19. The maximum atomic E-state index is 5.92. The number of hydrogen-bond acceptors (Lipinski definition) is 3. The van der Waals surface area contributed by atoms with Gasteiger partial charge in [-0.25, -0.2) is 0 Å². The number of hydrogen-bond donors (Lipinski definition) is 1. The summed E-state index contributed by atoms with van der Waals surface area (Å²) in [6.45, 7) is 12.2. The van der Waals surface area contributed by atoms with Crippen molar-refractivity contribution in [2.75, 3.05) is 13.2 Å². The van der Waals surface area contributed by atoms with Gasteiger partial charge >= 0.3 is 0 Å². The van der Waals surface area contributed by atoms with E-state index in [4.69, 9.17) is 4.74 Å². The Bertz CT molecular complexity index is 423. The van der Waals surface area contributed by atoms with Gasteiger partial charge in [0.25, 0.3) is 0 Å². The van der Waals surface area contributed by atoms with Crippen LogP contribution in [0.4, 0.5) is 0 Å². The topological polar surface area (TPSA) is 39.1 Å². The lowest BCUT2D eigenvalue weighted by Crippen LogP contribution is -2.38. The molecule has 0 saturated carbocycles. The Labute approximate surface area is 131 Å². The number of rotatable bonds is 7. The van der Waals surface area contributed by atoms with Crippen molar-refractivity contribution in [1.82, 2.24) is 15.1 Å². The third-order valence-electron chi connectivity index (χ3n) is 3.15. The monoisotopic (exact) mass is 345 g/mol. The van der Waals surface area contributed by atoms with Crippen LogP contribution in [0.15, 0.2) is 4.47 Å².